The fourth-order valence-electron chi connectivity index (χ4n) is 1.74. The SMILES string of the molecule is Cc1ccc(C(N)c2cccc(Br)c2Cl)cc1F. The van der Waals surface area contributed by atoms with Crippen LogP contribution in [0.5, 0.6) is 0 Å². The molecule has 0 aliphatic rings. The van der Waals surface area contributed by atoms with Gasteiger partial charge in [-0.2, -0.15) is 0 Å². The van der Waals surface area contributed by atoms with E-state index in [9.17, 15) is 4.39 Å². The van der Waals surface area contributed by atoms with Gasteiger partial charge in [-0.25, -0.2) is 4.39 Å². The lowest BCUT2D eigenvalue weighted by molar-refractivity contribution is 0.614. The largest absolute Gasteiger partial charge is 0.320 e. The Balaban J connectivity index is 2.44. The van der Waals surface area contributed by atoms with Crippen molar-refractivity contribution in [1.29, 1.82) is 0 Å². The molecule has 0 fully saturated rings. The second-order valence-electron chi connectivity index (χ2n) is 4.13. The zero-order chi connectivity index (χ0) is 13.3. The van der Waals surface area contributed by atoms with Crippen LogP contribution in [0.2, 0.25) is 5.02 Å². The molecule has 1 nitrogen and oxygen atoms in total. The lowest BCUT2D eigenvalue weighted by atomic mass is 9.98. The molecule has 2 N–H and O–H groups in total. The second kappa shape index (κ2) is 5.39. The summed E-state index contributed by atoms with van der Waals surface area (Å²) in [6.45, 7) is 1.72. The summed E-state index contributed by atoms with van der Waals surface area (Å²) in [5.41, 5.74) is 8.22. The third-order valence-corrected chi connectivity index (χ3v) is 4.18. The molecular weight excluding hydrogens is 317 g/mol. The summed E-state index contributed by atoms with van der Waals surface area (Å²) in [5, 5.41) is 0.561. The van der Waals surface area contributed by atoms with Gasteiger partial charge in [-0.05, 0) is 51.7 Å². The molecule has 2 aromatic rings. The Morgan fingerprint density at radius 3 is 2.67 bits per heavy atom. The first kappa shape index (κ1) is 13.5. The van der Waals surface area contributed by atoms with Gasteiger partial charge in [0.2, 0.25) is 0 Å². The lowest BCUT2D eigenvalue weighted by Gasteiger charge is -2.15. The third-order valence-electron chi connectivity index (χ3n) is 2.87. The van der Waals surface area contributed by atoms with Crippen molar-refractivity contribution >= 4 is 27.5 Å². The van der Waals surface area contributed by atoms with Crippen LogP contribution in [-0.2, 0) is 0 Å². The normalized spacial score (nSPS) is 12.5. The minimum absolute atomic E-state index is 0.255. The summed E-state index contributed by atoms with van der Waals surface area (Å²) in [7, 11) is 0. The molecule has 0 saturated heterocycles. The van der Waals surface area contributed by atoms with Gasteiger partial charge in [-0.15, -0.1) is 0 Å². The van der Waals surface area contributed by atoms with Gasteiger partial charge in [0.05, 0.1) is 11.1 Å². The van der Waals surface area contributed by atoms with Crippen LogP contribution in [0.3, 0.4) is 0 Å². The first-order valence-corrected chi connectivity index (χ1v) is 6.63. The van der Waals surface area contributed by atoms with E-state index in [1.54, 1.807) is 13.0 Å². The molecule has 0 aliphatic carbocycles. The molecule has 1 unspecified atom stereocenters. The van der Waals surface area contributed by atoms with Crippen molar-refractivity contribution < 1.29 is 4.39 Å². The van der Waals surface area contributed by atoms with E-state index in [1.807, 2.05) is 24.3 Å². The molecular formula is C14H12BrClFN. The average Bonchev–Trinajstić information content (AvgIpc) is 2.35. The van der Waals surface area contributed by atoms with Crippen LogP contribution in [0, 0.1) is 12.7 Å². The molecule has 0 saturated carbocycles. The number of rotatable bonds is 2. The topological polar surface area (TPSA) is 26.0 Å². The predicted octanol–water partition coefficient (Wildman–Crippen LogP) is 4.60. The summed E-state index contributed by atoms with van der Waals surface area (Å²) in [6, 6.07) is 10.1. The van der Waals surface area contributed by atoms with E-state index in [-0.39, 0.29) is 5.82 Å². The minimum Gasteiger partial charge on any atom is -0.320 e. The van der Waals surface area contributed by atoms with Crippen molar-refractivity contribution in [3.05, 3.63) is 68.4 Å². The molecule has 0 bridgehead atoms. The zero-order valence-corrected chi connectivity index (χ0v) is 12.1. The van der Waals surface area contributed by atoms with Crippen molar-refractivity contribution in [2.24, 2.45) is 5.73 Å². The number of benzene rings is 2. The van der Waals surface area contributed by atoms with Crippen LogP contribution in [0.1, 0.15) is 22.7 Å². The highest BCUT2D eigenvalue weighted by atomic mass is 79.9. The highest BCUT2D eigenvalue weighted by Crippen LogP contribution is 2.32. The molecule has 2 aromatic carbocycles. The number of hydrogen-bond donors (Lipinski definition) is 1. The second-order valence-corrected chi connectivity index (χ2v) is 5.36. The molecule has 4 heteroatoms. The van der Waals surface area contributed by atoms with Crippen LogP contribution >= 0.6 is 27.5 Å². The molecule has 0 aromatic heterocycles. The molecule has 1 atom stereocenters. The van der Waals surface area contributed by atoms with Crippen molar-refractivity contribution in [3.8, 4) is 0 Å². The van der Waals surface area contributed by atoms with Gasteiger partial charge in [0, 0.05) is 4.47 Å². The maximum atomic E-state index is 13.5. The maximum Gasteiger partial charge on any atom is 0.126 e. The molecule has 0 spiro atoms. The fourth-order valence-corrected chi connectivity index (χ4v) is 2.37. The van der Waals surface area contributed by atoms with E-state index in [4.69, 9.17) is 17.3 Å². The highest BCUT2D eigenvalue weighted by molar-refractivity contribution is 9.10. The van der Waals surface area contributed by atoms with Gasteiger partial charge in [-0.3, -0.25) is 0 Å². The Bertz CT molecular complexity index is 586. The third kappa shape index (κ3) is 2.58. The van der Waals surface area contributed by atoms with Gasteiger partial charge >= 0.3 is 0 Å². The minimum atomic E-state index is -0.440. The van der Waals surface area contributed by atoms with E-state index in [0.29, 0.717) is 16.1 Å². The van der Waals surface area contributed by atoms with E-state index in [2.05, 4.69) is 15.9 Å². The molecule has 0 heterocycles. The van der Waals surface area contributed by atoms with Crippen LogP contribution in [0.4, 0.5) is 4.39 Å². The summed E-state index contributed by atoms with van der Waals surface area (Å²) in [6.07, 6.45) is 0. The van der Waals surface area contributed by atoms with Crippen molar-refractivity contribution in [3.63, 3.8) is 0 Å². The Labute approximate surface area is 119 Å². The molecule has 94 valence electrons. The van der Waals surface area contributed by atoms with Crippen LogP contribution in [0.15, 0.2) is 40.9 Å². The van der Waals surface area contributed by atoms with Gasteiger partial charge in [0.15, 0.2) is 0 Å². The highest BCUT2D eigenvalue weighted by Gasteiger charge is 2.15. The number of halogens is 3. The Morgan fingerprint density at radius 1 is 1.28 bits per heavy atom. The van der Waals surface area contributed by atoms with Gasteiger partial charge < -0.3 is 5.73 Å². The zero-order valence-electron chi connectivity index (χ0n) is 9.75. The first-order valence-electron chi connectivity index (χ1n) is 5.46. The van der Waals surface area contributed by atoms with Crippen molar-refractivity contribution in [1.82, 2.24) is 0 Å². The van der Waals surface area contributed by atoms with Crippen LogP contribution in [0.25, 0.3) is 0 Å². The van der Waals surface area contributed by atoms with Crippen LogP contribution < -0.4 is 5.73 Å². The predicted molar refractivity (Wildman–Crippen MR) is 76.3 cm³/mol. The molecule has 0 aliphatic heterocycles. The number of aryl methyl sites for hydroxylation is 1. The van der Waals surface area contributed by atoms with E-state index < -0.39 is 6.04 Å². The fraction of sp³-hybridized carbons (Fsp3) is 0.143. The van der Waals surface area contributed by atoms with E-state index in [0.717, 1.165) is 10.0 Å². The average molecular weight is 329 g/mol. The Morgan fingerprint density at radius 2 is 2.00 bits per heavy atom. The monoisotopic (exact) mass is 327 g/mol. The Hall–Kier alpha value is -0.900. The lowest BCUT2D eigenvalue weighted by Crippen LogP contribution is -2.13. The summed E-state index contributed by atoms with van der Waals surface area (Å²) >= 11 is 9.54. The Kier molecular flexibility index (Phi) is 4.05. The maximum absolute atomic E-state index is 13.5. The summed E-state index contributed by atoms with van der Waals surface area (Å²) in [5.74, 6) is -0.255. The van der Waals surface area contributed by atoms with Gasteiger partial charge in [-0.1, -0.05) is 35.9 Å². The number of hydrogen-bond acceptors (Lipinski definition) is 1. The smallest absolute Gasteiger partial charge is 0.126 e. The number of nitrogens with two attached hydrogens (primary N) is 1. The van der Waals surface area contributed by atoms with Gasteiger partial charge in [0.1, 0.15) is 5.82 Å². The summed E-state index contributed by atoms with van der Waals surface area (Å²) < 4.78 is 14.3. The first-order chi connectivity index (χ1) is 8.50. The standard InChI is InChI=1S/C14H12BrClFN/c1-8-5-6-9(7-12(8)17)14(18)10-3-2-4-11(15)13(10)16/h2-7,14H,18H2,1H3. The van der Waals surface area contributed by atoms with Crippen molar-refractivity contribution in [2.75, 3.05) is 0 Å². The van der Waals surface area contributed by atoms with E-state index >= 15 is 0 Å². The molecule has 18 heavy (non-hydrogen) atoms. The quantitative estimate of drug-likeness (QED) is 0.856. The molecule has 0 amide bonds. The van der Waals surface area contributed by atoms with Crippen molar-refractivity contribution in [2.45, 2.75) is 13.0 Å². The molecule has 0 radical (unpaired) electrons. The van der Waals surface area contributed by atoms with Gasteiger partial charge in [0.25, 0.3) is 0 Å². The van der Waals surface area contributed by atoms with E-state index in [1.165, 1.54) is 6.07 Å². The molecule has 2 rings (SSSR count). The summed E-state index contributed by atoms with van der Waals surface area (Å²) in [4.78, 5) is 0. The van der Waals surface area contributed by atoms with Crippen LogP contribution in [-0.4, -0.2) is 0 Å².